The molecular weight excluding hydrogens is 344 g/mol. The molecule has 4 rings (SSSR count). The molecule has 0 aliphatic carbocycles. The molecule has 4 heteroatoms. The number of halogens is 1. The highest BCUT2D eigenvalue weighted by molar-refractivity contribution is 6.30. The Balaban J connectivity index is 1.85. The van der Waals surface area contributed by atoms with Gasteiger partial charge in [-0.15, -0.1) is 0 Å². The molecule has 0 fully saturated rings. The first-order valence-electron chi connectivity index (χ1n) is 8.30. The number of hydrogen-bond acceptors (Lipinski definition) is 2. The molecular formula is C22H17ClN2O. The van der Waals surface area contributed by atoms with Crippen LogP contribution in [0.15, 0.2) is 78.9 Å². The lowest BCUT2D eigenvalue weighted by molar-refractivity contribution is 0.415. The lowest BCUT2D eigenvalue weighted by Crippen LogP contribution is -1.84. The summed E-state index contributed by atoms with van der Waals surface area (Å²) in [5, 5.41) is 0.713. The number of benzene rings is 3. The van der Waals surface area contributed by atoms with E-state index in [9.17, 15) is 0 Å². The number of nitrogens with one attached hydrogen (secondary N) is 1. The first kappa shape index (κ1) is 16.4. The first-order valence-corrected chi connectivity index (χ1v) is 8.68. The van der Waals surface area contributed by atoms with Crippen molar-refractivity contribution in [1.29, 1.82) is 0 Å². The minimum atomic E-state index is 0.713. The molecule has 1 heterocycles. The quantitative estimate of drug-likeness (QED) is 0.479. The number of ether oxygens (including phenoxy) is 1. The van der Waals surface area contributed by atoms with E-state index in [1.54, 1.807) is 7.11 Å². The van der Waals surface area contributed by atoms with Gasteiger partial charge < -0.3 is 9.72 Å². The Kier molecular flexibility index (Phi) is 4.46. The summed E-state index contributed by atoms with van der Waals surface area (Å²) in [6.45, 7) is 0. The number of H-pyrrole nitrogens is 1. The molecule has 0 spiro atoms. The van der Waals surface area contributed by atoms with Gasteiger partial charge in [-0.25, -0.2) is 4.98 Å². The van der Waals surface area contributed by atoms with Crippen LogP contribution < -0.4 is 4.74 Å². The Morgan fingerprint density at radius 1 is 0.769 bits per heavy atom. The number of rotatable bonds is 4. The van der Waals surface area contributed by atoms with Gasteiger partial charge in [-0.3, -0.25) is 0 Å². The number of methoxy groups -OCH3 is 1. The fraction of sp³-hybridized carbons (Fsp3) is 0.0455. The molecule has 4 aromatic rings. The second-order valence-corrected chi connectivity index (χ2v) is 6.35. The Bertz CT molecular complexity index is 1010. The zero-order valence-electron chi connectivity index (χ0n) is 14.2. The van der Waals surface area contributed by atoms with Gasteiger partial charge in [0.25, 0.3) is 0 Å². The highest BCUT2D eigenvalue weighted by atomic mass is 35.5. The SMILES string of the molecule is COc1ccc(-c2nc(-c3ccccc3)c(-c3ccc(Cl)cc3)[nH]2)cc1. The third-order valence-corrected chi connectivity index (χ3v) is 4.50. The van der Waals surface area contributed by atoms with Gasteiger partial charge in [0.15, 0.2) is 0 Å². The number of aromatic nitrogens is 2. The molecule has 128 valence electrons. The van der Waals surface area contributed by atoms with Crippen LogP contribution >= 0.6 is 11.6 Å². The van der Waals surface area contributed by atoms with Crippen LogP contribution in [-0.2, 0) is 0 Å². The van der Waals surface area contributed by atoms with Crippen LogP contribution in [0.4, 0.5) is 0 Å². The second-order valence-electron chi connectivity index (χ2n) is 5.91. The topological polar surface area (TPSA) is 37.9 Å². The van der Waals surface area contributed by atoms with Gasteiger partial charge in [-0.1, -0.05) is 54.1 Å². The molecule has 3 nitrogen and oxygen atoms in total. The van der Waals surface area contributed by atoms with Gasteiger partial charge in [0.2, 0.25) is 0 Å². The van der Waals surface area contributed by atoms with E-state index in [1.807, 2.05) is 66.7 Å². The van der Waals surface area contributed by atoms with E-state index in [0.29, 0.717) is 5.02 Å². The zero-order valence-corrected chi connectivity index (χ0v) is 15.0. The van der Waals surface area contributed by atoms with Gasteiger partial charge in [-0.2, -0.15) is 0 Å². The maximum absolute atomic E-state index is 6.05. The summed E-state index contributed by atoms with van der Waals surface area (Å²) in [6, 6.07) is 25.8. The van der Waals surface area contributed by atoms with E-state index < -0.39 is 0 Å². The van der Waals surface area contributed by atoms with E-state index >= 15 is 0 Å². The average molecular weight is 361 g/mol. The van der Waals surface area contributed by atoms with Crippen molar-refractivity contribution in [2.24, 2.45) is 0 Å². The van der Waals surface area contributed by atoms with E-state index in [0.717, 1.165) is 39.7 Å². The highest BCUT2D eigenvalue weighted by Crippen LogP contribution is 2.33. The molecule has 0 aliphatic rings. The number of nitrogens with zero attached hydrogens (tertiary/aromatic N) is 1. The molecule has 0 amide bonds. The third-order valence-electron chi connectivity index (χ3n) is 4.25. The van der Waals surface area contributed by atoms with Gasteiger partial charge >= 0.3 is 0 Å². The van der Waals surface area contributed by atoms with Crippen molar-refractivity contribution in [3.8, 4) is 39.7 Å². The van der Waals surface area contributed by atoms with Gasteiger partial charge in [-0.05, 0) is 36.4 Å². The standard InChI is InChI=1S/C22H17ClN2O/c1-26-19-13-9-17(10-14-19)22-24-20(15-5-3-2-4-6-15)21(25-22)16-7-11-18(23)12-8-16/h2-14H,1H3,(H,24,25). The Morgan fingerprint density at radius 2 is 1.42 bits per heavy atom. The fourth-order valence-electron chi connectivity index (χ4n) is 2.89. The van der Waals surface area contributed by atoms with Crippen LogP contribution in [0.1, 0.15) is 0 Å². The minimum absolute atomic E-state index is 0.713. The summed E-state index contributed by atoms with van der Waals surface area (Å²) < 4.78 is 5.24. The number of hydrogen-bond donors (Lipinski definition) is 1. The van der Waals surface area contributed by atoms with Crippen molar-refractivity contribution < 1.29 is 4.74 Å². The monoisotopic (exact) mass is 360 g/mol. The predicted octanol–water partition coefficient (Wildman–Crippen LogP) is 6.07. The van der Waals surface area contributed by atoms with Crippen molar-refractivity contribution in [1.82, 2.24) is 9.97 Å². The summed E-state index contributed by atoms with van der Waals surface area (Å²) in [6.07, 6.45) is 0. The Morgan fingerprint density at radius 3 is 2.08 bits per heavy atom. The average Bonchev–Trinajstić information content (AvgIpc) is 3.15. The molecule has 0 unspecified atom stereocenters. The largest absolute Gasteiger partial charge is 0.497 e. The maximum atomic E-state index is 6.05. The van der Waals surface area contributed by atoms with Crippen molar-refractivity contribution in [3.63, 3.8) is 0 Å². The molecule has 1 N–H and O–H groups in total. The van der Waals surface area contributed by atoms with Crippen LogP contribution in [0, 0.1) is 0 Å². The van der Waals surface area contributed by atoms with E-state index in [-0.39, 0.29) is 0 Å². The van der Waals surface area contributed by atoms with E-state index in [2.05, 4.69) is 17.1 Å². The van der Waals surface area contributed by atoms with Crippen molar-refractivity contribution in [2.45, 2.75) is 0 Å². The predicted molar refractivity (Wildman–Crippen MR) is 106 cm³/mol. The molecule has 0 bridgehead atoms. The summed E-state index contributed by atoms with van der Waals surface area (Å²) in [5.74, 6) is 1.64. The van der Waals surface area contributed by atoms with Crippen LogP contribution in [0.25, 0.3) is 33.9 Å². The Labute approximate surface area is 157 Å². The van der Waals surface area contributed by atoms with Crippen LogP contribution in [0.3, 0.4) is 0 Å². The van der Waals surface area contributed by atoms with E-state index in [1.165, 1.54) is 0 Å². The third kappa shape index (κ3) is 3.22. The molecule has 0 saturated carbocycles. The second kappa shape index (κ2) is 7.06. The van der Waals surface area contributed by atoms with Crippen molar-refractivity contribution in [2.75, 3.05) is 7.11 Å². The van der Waals surface area contributed by atoms with Gasteiger partial charge in [0.1, 0.15) is 11.6 Å². The lowest BCUT2D eigenvalue weighted by atomic mass is 10.1. The van der Waals surface area contributed by atoms with E-state index in [4.69, 9.17) is 21.3 Å². The molecule has 0 saturated heterocycles. The summed E-state index contributed by atoms with van der Waals surface area (Å²) in [4.78, 5) is 8.35. The lowest BCUT2D eigenvalue weighted by Gasteiger charge is -2.03. The van der Waals surface area contributed by atoms with Crippen molar-refractivity contribution >= 4 is 11.6 Å². The maximum Gasteiger partial charge on any atom is 0.138 e. The fourth-order valence-corrected chi connectivity index (χ4v) is 3.02. The van der Waals surface area contributed by atoms with Crippen molar-refractivity contribution in [3.05, 3.63) is 83.9 Å². The Hall–Kier alpha value is -3.04. The highest BCUT2D eigenvalue weighted by Gasteiger charge is 2.15. The van der Waals surface area contributed by atoms with Gasteiger partial charge in [0.05, 0.1) is 18.5 Å². The smallest absolute Gasteiger partial charge is 0.138 e. The molecule has 0 atom stereocenters. The van der Waals surface area contributed by atoms with Crippen LogP contribution in [-0.4, -0.2) is 17.1 Å². The number of aromatic amines is 1. The molecule has 3 aromatic carbocycles. The first-order chi connectivity index (χ1) is 12.7. The van der Waals surface area contributed by atoms with Crippen LogP contribution in [0.2, 0.25) is 5.02 Å². The normalized spacial score (nSPS) is 10.7. The minimum Gasteiger partial charge on any atom is -0.497 e. The summed E-state index contributed by atoms with van der Waals surface area (Å²) >= 11 is 6.05. The molecule has 1 aromatic heterocycles. The van der Waals surface area contributed by atoms with Gasteiger partial charge in [0, 0.05) is 21.7 Å². The molecule has 0 aliphatic heterocycles. The summed E-state index contributed by atoms with van der Waals surface area (Å²) in [7, 11) is 1.66. The molecule has 26 heavy (non-hydrogen) atoms. The summed E-state index contributed by atoms with van der Waals surface area (Å²) in [5.41, 5.74) is 4.99. The van der Waals surface area contributed by atoms with Crippen LogP contribution in [0.5, 0.6) is 5.75 Å². The molecule has 0 radical (unpaired) electrons. The number of imidazole rings is 1. The zero-order chi connectivity index (χ0) is 17.9.